The number of fused-ring (bicyclic) bond motifs is 1. The topological polar surface area (TPSA) is 143 Å². The van der Waals surface area contributed by atoms with Crippen LogP contribution >= 0.6 is 11.3 Å². The molecule has 3 rings (SSSR count). The van der Waals surface area contributed by atoms with Crippen molar-refractivity contribution in [3.63, 3.8) is 0 Å². The van der Waals surface area contributed by atoms with E-state index < -0.39 is 16.1 Å². The molecule has 0 saturated heterocycles. The van der Waals surface area contributed by atoms with E-state index in [9.17, 15) is 13.2 Å². The number of aromatic nitrogens is 1. The summed E-state index contributed by atoms with van der Waals surface area (Å²) in [5.41, 5.74) is 6.64. The van der Waals surface area contributed by atoms with Crippen molar-refractivity contribution in [3.8, 4) is 5.75 Å². The summed E-state index contributed by atoms with van der Waals surface area (Å²) in [5, 5.41) is 7.84. The van der Waals surface area contributed by atoms with E-state index in [0.29, 0.717) is 22.6 Å². The third kappa shape index (κ3) is 5.92. The van der Waals surface area contributed by atoms with E-state index in [1.807, 2.05) is 6.07 Å². The number of nitrogen functional groups attached to an aromatic ring is 1. The molecule has 0 aliphatic rings. The van der Waals surface area contributed by atoms with Crippen LogP contribution in [0.4, 0.5) is 0 Å². The predicted octanol–water partition coefficient (Wildman–Crippen LogP) is 2.30. The minimum Gasteiger partial charge on any atom is -0.423 e. The third-order valence-electron chi connectivity index (χ3n) is 2.81. The van der Waals surface area contributed by atoms with Gasteiger partial charge in [0.25, 0.3) is 10.1 Å². The molecule has 0 unspecified atom stereocenters. The molecule has 1 aromatic heterocycles. The number of nitrogens with one attached hydrogen (secondary N) is 1. The average molecular weight is 393 g/mol. The molecule has 0 amide bonds. The number of ether oxygens (including phenoxy) is 1. The molecule has 26 heavy (non-hydrogen) atoms. The summed E-state index contributed by atoms with van der Waals surface area (Å²) in [6.45, 7) is 0. The summed E-state index contributed by atoms with van der Waals surface area (Å²) < 4.78 is 32.0. The zero-order valence-corrected chi connectivity index (χ0v) is 15.2. The van der Waals surface area contributed by atoms with Crippen LogP contribution in [0.1, 0.15) is 15.4 Å². The highest BCUT2D eigenvalue weighted by atomic mass is 32.2. The molecule has 3 aromatic rings. The summed E-state index contributed by atoms with van der Waals surface area (Å²) in [7, 11) is -3.67. The normalized spacial score (nSPS) is 10.7. The van der Waals surface area contributed by atoms with Crippen molar-refractivity contribution in [2.75, 3.05) is 6.26 Å². The Morgan fingerprint density at radius 1 is 1.23 bits per heavy atom. The van der Waals surface area contributed by atoms with Crippen LogP contribution in [0.25, 0.3) is 10.2 Å². The highest BCUT2D eigenvalue weighted by Gasteiger charge is 2.11. The first kappa shape index (κ1) is 19.5. The van der Waals surface area contributed by atoms with Crippen LogP contribution in [0.5, 0.6) is 5.75 Å². The van der Waals surface area contributed by atoms with Gasteiger partial charge in [-0.15, -0.1) is 11.3 Å². The molecule has 0 saturated carbocycles. The Labute approximate surface area is 153 Å². The molecule has 8 nitrogen and oxygen atoms in total. The highest BCUT2D eigenvalue weighted by Crippen LogP contribution is 2.26. The zero-order chi connectivity index (χ0) is 19.3. The molecule has 0 fully saturated rings. The Bertz CT molecular complexity index is 1040. The van der Waals surface area contributed by atoms with Crippen molar-refractivity contribution in [1.82, 2.24) is 4.98 Å². The first-order valence-electron chi connectivity index (χ1n) is 7.08. The van der Waals surface area contributed by atoms with E-state index in [1.165, 1.54) is 11.3 Å². The van der Waals surface area contributed by atoms with Crippen LogP contribution in [-0.2, 0) is 10.1 Å². The molecule has 0 bridgehead atoms. The maximum absolute atomic E-state index is 12.0. The number of carbonyl (C=O) groups excluding carboxylic acids is 1. The number of benzene rings is 2. The van der Waals surface area contributed by atoms with Crippen LogP contribution in [0.2, 0.25) is 0 Å². The summed E-state index contributed by atoms with van der Waals surface area (Å²) in [5.74, 6) is -0.0413. The SMILES string of the molecule is CS(=O)(=O)O.N=C(N)c1nc2ccc(OC(=O)c3ccccc3)cc2s1. The summed E-state index contributed by atoms with van der Waals surface area (Å²) in [6.07, 6.45) is 0.715. The molecule has 0 atom stereocenters. The van der Waals surface area contributed by atoms with E-state index in [1.54, 1.807) is 42.5 Å². The second-order valence-electron chi connectivity index (χ2n) is 5.05. The number of thiazole rings is 1. The van der Waals surface area contributed by atoms with Gasteiger partial charge in [-0.3, -0.25) is 9.96 Å². The van der Waals surface area contributed by atoms with Gasteiger partial charge in [-0.25, -0.2) is 9.78 Å². The van der Waals surface area contributed by atoms with Gasteiger partial charge >= 0.3 is 5.97 Å². The number of esters is 1. The number of hydrogen-bond donors (Lipinski definition) is 3. The standard InChI is InChI=1S/C15H11N3O2S.CH4O3S/c16-13(17)14-18-11-7-6-10(8-12(11)21-14)20-15(19)9-4-2-1-3-5-9;1-5(2,3)4/h1-8H,(H3,16,17);1H3,(H,2,3,4). The Hall–Kier alpha value is -2.82. The van der Waals surface area contributed by atoms with Gasteiger partial charge in [0.2, 0.25) is 0 Å². The predicted molar refractivity (Wildman–Crippen MR) is 99.5 cm³/mol. The molecule has 10 heteroatoms. The smallest absolute Gasteiger partial charge is 0.343 e. The first-order chi connectivity index (χ1) is 12.1. The molecular weight excluding hydrogens is 378 g/mol. The molecule has 1 heterocycles. The van der Waals surface area contributed by atoms with Crippen LogP contribution in [0, 0.1) is 5.41 Å². The lowest BCUT2D eigenvalue weighted by molar-refractivity contribution is 0.0735. The van der Waals surface area contributed by atoms with Gasteiger partial charge in [0.1, 0.15) is 5.75 Å². The number of amidine groups is 1. The molecule has 0 spiro atoms. The van der Waals surface area contributed by atoms with Crippen molar-refractivity contribution in [1.29, 1.82) is 5.41 Å². The van der Waals surface area contributed by atoms with Gasteiger partial charge in [-0.2, -0.15) is 8.42 Å². The number of nitrogens with two attached hydrogens (primary N) is 1. The van der Waals surface area contributed by atoms with Crippen LogP contribution in [0.3, 0.4) is 0 Å². The minimum absolute atomic E-state index is 0.0703. The summed E-state index contributed by atoms with van der Waals surface area (Å²) >= 11 is 1.29. The second-order valence-corrected chi connectivity index (χ2v) is 7.55. The zero-order valence-electron chi connectivity index (χ0n) is 13.5. The van der Waals surface area contributed by atoms with E-state index in [-0.39, 0.29) is 5.84 Å². The van der Waals surface area contributed by atoms with Crippen molar-refractivity contribution in [3.05, 3.63) is 59.1 Å². The Morgan fingerprint density at radius 3 is 2.42 bits per heavy atom. The summed E-state index contributed by atoms with van der Waals surface area (Å²) in [4.78, 5) is 16.2. The number of nitrogens with zero attached hydrogens (tertiary/aromatic N) is 1. The van der Waals surface area contributed by atoms with Gasteiger partial charge in [0.05, 0.1) is 22.0 Å². The fourth-order valence-electron chi connectivity index (χ4n) is 1.82. The fourth-order valence-corrected chi connectivity index (χ4v) is 2.68. The van der Waals surface area contributed by atoms with Gasteiger partial charge in [-0.05, 0) is 24.3 Å². The maximum Gasteiger partial charge on any atom is 0.343 e. The largest absolute Gasteiger partial charge is 0.423 e. The van der Waals surface area contributed by atoms with Gasteiger partial charge in [-0.1, -0.05) is 18.2 Å². The third-order valence-corrected chi connectivity index (χ3v) is 3.86. The monoisotopic (exact) mass is 393 g/mol. The molecule has 4 N–H and O–H groups in total. The maximum atomic E-state index is 12.0. The van der Waals surface area contributed by atoms with Crippen molar-refractivity contribution < 1.29 is 22.5 Å². The number of rotatable bonds is 3. The fraction of sp³-hybridized carbons (Fsp3) is 0.0625. The van der Waals surface area contributed by atoms with E-state index in [2.05, 4.69) is 4.98 Å². The van der Waals surface area contributed by atoms with Crippen LogP contribution in [-0.4, -0.2) is 36.0 Å². The Morgan fingerprint density at radius 2 is 1.85 bits per heavy atom. The van der Waals surface area contributed by atoms with E-state index in [0.717, 1.165) is 10.2 Å². The molecule has 0 radical (unpaired) electrons. The molecule has 136 valence electrons. The lowest BCUT2D eigenvalue weighted by Crippen LogP contribution is -2.09. The minimum atomic E-state index is -3.67. The molecule has 0 aliphatic carbocycles. The van der Waals surface area contributed by atoms with Crippen LogP contribution in [0.15, 0.2) is 48.5 Å². The molecular formula is C16H15N3O5S2. The van der Waals surface area contributed by atoms with Crippen molar-refractivity contribution in [2.24, 2.45) is 5.73 Å². The lowest BCUT2D eigenvalue weighted by Gasteiger charge is -2.03. The van der Waals surface area contributed by atoms with Crippen molar-refractivity contribution in [2.45, 2.75) is 0 Å². The summed E-state index contributed by atoms with van der Waals surface area (Å²) in [6, 6.07) is 13.9. The Kier molecular flexibility index (Phi) is 6.03. The second kappa shape index (κ2) is 8.04. The van der Waals surface area contributed by atoms with E-state index >= 15 is 0 Å². The van der Waals surface area contributed by atoms with Gasteiger partial charge < -0.3 is 10.5 Å². The number of carbonyl (C=O) groups is 1. The van der Waals surface area contributed by atoms with Crippen LogP contribution < -0.4 is 10.5 Å². The van der Waals surface area contributed by atoms with Gasteiger partial charge in [0, 0.05) is 6.07 Å². The van der Waals surface area contributed by atoms with Crippen molar-refractivity contribution >= 4 is 43.5 Å². The highest BCUT2D eigenvalue weighted by molar-refractivity contribution is 7.85. The Balaban J connectivity index is 0.000000431. The first-order valence-corrected chi connectivity index (χ1v) is 9.74. The quantitative estimate of drug-likeness (QED) is 0.204. The van der Waals surface area contributed by atoms with E-state index in [4.69, 9.17) is 20.4 Å². The molecule has 2 aromatic carbocycles. The average Bonchev–Trinajstić information content (AvgIpc) is 2.98. The van der Waals surface area contributed by atoms with Gasteiger partial charge in [0.15, 0.2) is 10.8 Å². The lowest BCUT2D eigenvalue weighted by atomic mass is 10.2. The molecule has 0 aliphatic heterocycles. The number of hydrogen-bond acceptors (Lipinski definition) is 7.